The van der Waals surface area contributed by atoms with Crippen LogP contribution in [0, 0.1) is 0 Å². The van der Waals surface area contributed by atoms with Gasteiger partial charge in [0.1, 0.15) is 22.2 Å². The number of phenolic OH excluding ortho intramolecular Hbond substituents is 1. The molecule has 0 radical (unpaired) electrons. The topological polar surface area (TPSA) is 90.4 Å². The summed E-state index contributed by atoms with van der Waals surface area (Å²) in [6.45, 7) is 0.201. The molecule has 0 amide bonds. The van der Waals surface area contributed by atoms with Crippen LogP contribution in [0.1, 0.15) is 30.1 Å². The first-order valence-corrected chi connectivity index (χ1v) is 12.1. The molecule has 3 aromatic heterocycles. The standard InChI is InChI=1S/C24H18BrN3O4S/c1-31-13-4-5-15(17(10-13)12-2-3-12)22-27-23-19(16-6-7-18(25)20(29)21(16)33-23)24(30)28(22)11-14-8-9-26-32-14/h4-10,12,29H,2-3,11H2,1H3. The molecule has 1 aliphatic carbocycles. The van der Waals surface area contributed by atoms with E-state index in [1.807, 2.05) is 24.3 Å². The van der Waals surface area contributed by atoms with Gasteiger partial charge in [0.15, 0.2) is 5.76 Å². The van der Waals surface area contributed by atoms with Crippen molar-refractivity contribution in [2.45, 2.75) is 25.3 Å². The minimum absolute atomic E-state index is 0.112. The van der Waals surface area contributed by atoms with Gasteiger partial charge < -0.3 is 14.4 Å². The number of thiophene rings is 1. The maximum atomic E-state index is 13.9. The van der Waals surface area contributed by atoms with Crippen molar-refractivity contribution in [2.24, 2.45) is 0 Å². The van der Waals surface area contributed by atoms with Crippen molar-refractivity contribution < 1.29 is 14.4 Å². The predicted octanol–water partition coefficient (Wildman–Crippen LogP) is 5.67. The lowest BCUT2D eigenvalue weighted by molar-refractivity contribution is 0.375. The van der Waals surface area contributed by atoms with E-state index in [9.17, 15) is 9.90 Å². The number of halogens is 1. The Bertz CT molecular complexity index is 1590. The highest BCUT2D eigenvalue weighted by molar-refractivity contribution is 9.10. The first-order valence-electron chi connectivity index (χ1n) is 10.5. The van der Waals surface area contributed by atoms with E-state index in [4.69, 9.17) is 14.2 Å². The molecule has 33 heavy (non-hydrogen) atoms. The molecule has 6 rings (SSSR count). The molecule has 2 aromatic carbocycles. The quantitative estimate of drug-likeness (QED) is 0.319. The average molecular weight is 524 g/mol. The molecule has 3 heterocycles. The van der Waals surface area contributed by atoms with Gasteiger partial charge in [-0.05, 0) is 64.5 Å². The number of hydrogen-bond donors (Lipinski definition) is 1. The third-order valence-corrected chi connectivity index (χ3v) is 7.75. The zero-order chi connectivity index (χ0) is 22.7. The molecule has 1 saturated carbocycles. The van der Waals surface area contributed by atoms with Gasteiger partial charge in [0, 0.05) is 17.0 Å². The van der Waals surface area contributed by atoms with Crippen LogP contribution in [0.15, 0.2) is 56.4 Å². The molecule has 0 saturated heterocycles. The number of aromatic hydroxyl groups is 1. The van der Waals surface area contributed by atoms with Crippen molar-refractivity contribution in [3.63, 3.8) is 0 Å². The Morgan fingerprint density at radius 2 is 2.12 bits per heavy atom. The van der Waals surface area contributed by atoms with Gasteiger partial charge in [-0.25, -0.2) is 4.98 Å². The minimum Gasteiger partial charge on any atom is -0.505 e. The molecule has 5 aromatic rings. The summed E-state index contributed by atoms with van der Waals surface area (Å²) in [7, 11) is 1.65. The van der Waals surface area contributed by atoms with E-state index in [0.29, 0.717) is 42.3 Å². The monoisotopic (exact) mass is 523 g/mol. The lowest BCUT2D eigenvalue weighted by Gasteiger charge is -2.15. The number of methoxy groups -OCH3 is 1. The van der Waals surface area contributed by atoms with Crippen molar-refractivity contribution >= 4 is 47.6 Å². The van der Waals surface area contributed by atoms with Crippen LogP contribution in [-0.4, -0.2) is 26.9 Å². The number of phenols is 1. The Kier molecular flexibility index (Phi) is 4.77. The molecular weight excluding hydrogens is 506 g/mol. The zero-order valence-electron chi connectivity index (χ0n) is 17.5. The van der Waals surface area contributed by atoms with E-state index in [0.717, 1.165) is 29.7 Å². The van der Waals surface area contributed by atoms with Gasteiger partial charge >= 0.3 is 0 Å². The lowest BCUT2D eigenvalue weighted by Crippen LogP contribution is -2.24. The number of hydrogen-bond acceptors (Lipinski definition) is 7. The molecule has 1 fully saturated rings. The van der Waals surface area contributed by atoms with Gasteiger partial charge in [0.25, 0.3) is 5.56 Å². The fourth-order valence-electron chi connectivity index (χ4n) is 4.22. The van der Waals surface area contributed by atoms with E-state index in [2.05, 4.69) is 21.1 Å². The summed E-state index contributed by atoms with van der Waals surface area (Å²) in [6, 6.07) is 11.2. The Morgan fingerprint density at radius 3 is 2.85 bits per heavy atom. The van der Waals surface area contributed by atoms with Gasteiger partial charge in [-0.15, -0.1) is 11.3 Å². The summed E-state index contributed by atoms with van der Waals surface area (Å²) < 4.78 is 13.6. The van der Waals surface area contributed by atoms with Gasteiger partial charge in [0.2, 0.25) is 0 Å². The number of rotatable bonds is 5. The molecule has 9 heteroatoms. The number of aromatic nitrogens is 3. The van der Waals surface area contributed by atoms with Crippen LogP contribution in [0.4, 0.5) is 0 Å². The number of nitrogens with zero attached hydrogens (tertiary/aromatic N) is 3. The van der Waals surface area contributed by atoms with Crippen LogP contribution >= 0.6 is 27.3 Å². The highest BCUT2D eigenvalue weighted by Crippen LogP contribution is 2.46. The van der Waals surface area contributed by atoms with Crippen molar-refractivity contribution in [3.05, 3.63) is 68.7 Å². The van der Waals surface area contributed by atoms with Crippen LogP contribution in [0.2, 0.25) is 0 Å². The molecular formula is C24H18BrN3O4S. The summed E-state index contributed by atoms with van der Waals surface area (Å²) in [5, 5.41) is 15.5. The largest absolute Gasteiger partial charge is 0.505 e. The fourth-order valence-corrected chi connectivity index (χ4v) is 5.79. The van der Waals surface area contributed by atoms with Crippen molar-refractivity contribution in [1.82, 2.24) is 14.7 Å². The predicted molar refractivity (Wildman–Crippen MR) is 130 cm³/mol. The highest BCUT2D eigenvalue weighted by Gasteiger charge is 2.29. The van der Waals surface area contributed by atoms with Crippen LogP contribution < -0.4 is 10.3 Å². The molecule has 166 valence electrons. The first kappa shape index (κ1) is 20.4. The van der Waals surface area contributed by atoms with E-state index in [-0.39, 0.29) is 17.9 Å². The second-order valence-corrected chi connectivity index (χ2v) is 9.94. The van der Waals surface area contributed by atoms with Crippen LogP contribution in [0.25, 0.3) is 31.7 Å². The first-order chi connectivity index (χ1) is 16.0. The zero-order valence-corrected chi connectivity index (χ0v) is 19.9. The molecule has 0 spiro atoms. The Morgan fingerprint density at radius 1 is 1.27 bits per heavy atom. The highest BCUT2D eigenvalue weighted by atomic mass is 79.9. The molecule has 7 nitrogen and oxygen atoms in total. The fraction of sp³-hybridized carbons (Fsp3) is 0.208. The van der Waals surface area contributed by atoms with E-state index in [1.54, 1.807) is 30.0 Å². The van der Waals surface area contributed by atoms with Crippen molar-refractivity contribution in [3.8, 4) is 22.9 Å². The van der Waals surface area contributed by atoms with Gasteiger partial charge in [0.05, 0.1) is 34.4 Å². The minimum atomic E-state index is -0.183. The Balaban J connectivity index is 1.68. The smallest absolute Gasteiger partial charge is 0.263 e. The summed E-state index contributed by atoms with van der Waals surface area (Å²) in [4.78, 5) is 19.5. The summed E-state index contributed by atoms with van der Waals surface area (Å²) in [6.07, 6.45) is 3.75. The summed E-state index contributed by atoms with van der Waals surface area (Å²) in [5.74, 6) is 2.44. The van der Waals surface area contributed by atoms with Gasteiger partial charge in [-0.3, -0.25) is 9.36 Å². The molecule has 0 bridgehead atoms. The number of ether oxygens (including phenoxy) is 1. The van der Waals surface area contributed by atoms with Crippen molar-refractivity contribution in [2.75, 3.05) is 7.11 Å². The molecule has 0 atom stereocenters. The normalized spacial score (nSPS) is 13.8. The average Bonchev–Trinajstić information content (AvgIpc) is 3.41. The molecule has 0 aliphatic heterocycles. The van der Waals surface area contributed by atoms with Crippen molar-refractivity contribution in [1.29, 1.82) is 0 Å². The van der Waals surface area contributed by atoms with Gasteiger partial charge in [-0.2, -0.15) is 0 Å². The molecule has 0 unspecified atom stereocenters. The van der Waals surface area contributed by atoms with E-state index in [1.165, 1.54) is 11.3 Å². The maximum Gasteiger partial charge on any atom is 0.263 e. The lowest BCUT2D eigenvalue weighted by atomic mass is 10.0. The summed E-state index contributed by atoms with van der Waals surface area (Å²) in [5.41, 5.74) is 1.84. The molecule has 1 aliphatic rings. The van der Waals surface area contributed by atoms with E-state index >= 15 is 0 Å². The number of benzene rings is 2. The maximum absolute atomic E-state index is 13.9. The molecule has 1 N–H and O–H groups in total. The second-order valence-electron chi connectivity index (χ2n) is 8.09. The van der Waals surface area contributed by atoms with Crippen LogP contribution in [0.5, 0.6) is 11.5 Å². The number of fused-ring (bicyclic) bond motifs is 3. The second kappa shape index (κ2) is 7.71. The Hall–Kier alpha value is -3.17. The van der Waals surface area contributed by atoms with Crippen LogP contribution in [0.3, 0.4) is 0 Å². The third kappa shape index (κ3) is 3.34. The third-order valence-electron chi connectivity index (χ3n) is 6.01. The Labute approximate surface area is 200 Å². The SMILES string of the molecule is COc1ccc(-c2nc3sc4c(O)c(Br)ccc4c3c(=O)n2Cc2ccno2)c(C2CC2)c1. The van der Waals surface area contributed by atoms with Crippen LogP contribution in [-0.2, 0) is 6.54 Å². The van der Waals surface area contributed by atoms with Gasteiger partial charge in [-0.1, -0.05) is 11.2 Å². The summed E-state index contributed by atoms with van der Waals surface area (Å²) >= 11 is 4.68. The van der Waals surface area contributed by atoms with E-state index < -0.39 is 0 Å².